The average Bonchev–Trinajstić information content (AvgIpc) is 2.34. The molecule has 1 aromatic heterocycles. The first-order chi connectivity index (χ1) is 8.63. The summed E-state index contributed by atoms with van der Waals surface area (Å²) >= 11 is 0. The number of nitrogens with zero attached hydrogens (tertiary/aromatic N) is 2. The summed E-state index contributed by atoms with van der Waals surface area (Å²) in [5.74, 6) is 1.21. The van der Waals surface area contributed by atoms with Crippen LogP contribution in [0.1, 0.15) is 25.8 Å². The summed E-state index contributed by atoms with van der Waals surface area (Å²) in [6, 6.07) is 3.66. The summed E-state index contributed by atoms with van der Waals surface area (Å²) in [6.07, 6.45) is 2.59. The molecule has 0 unspecified atom stereocenters. The number of anilines is 2. The van der Waals surface area contributed by atoms with Gasteiger partial charge in [-0.1, -0.05) is 13.8 Å². The van der Waals surface area contributed by atoms with Crippen molar-refractivity contribution in [3.63, 3.8) is 0 Å². The van der Waals surface area contributed by atoms with E-state index >= 15 is 0 Å². The summed E-state index contributed by atoms with van der Waals surface area (Å²) in [7, 11) is 0. The van der Waals surface area contributed by atoms with E-state index < -0.39 is 0 Å². The van der Waals surface area contributed by atoms with E-state index in [-0.39, 0.29) is 0 Å². The van der Waals surface area contributed by atoms with E-state index in [2.05, 4.69) is 30.2 Å². The normalized spacial score (nSPS) is 10.3. The van der Waals surface area contributed by atoms with E-state index in [1.807, 2.05) is 0 Å². The number of nitriles is 1. The Balaban J connectivity index is 2.29. The molecule has 0 amide bonds. The predicted octanol–water partition coefficient (Wildman–Crippen LogP) is 2.01. The number of pyridine rings is 1. The molecule has 0 saturated heterocycles. The Hall–Kier alpha value is -1.80. The van der Waals surface area contributed by atoms with E-state index in [0.29, 0.717) is 36.1 Å². The van der Waals surface area contributed by atoms with Gasteiger partial charge in [0.05, 0.1) is 24.1 Å². The third kappa shape index (κ3) is 5.02. The molecule has 0 aliphatic carbocycles. The highest BCUT2D eigenvalue weighted by Gasteiger charge is 2.03. The van der Waals surface area contributed by atoms with Crippen LogP contribution < -0.4 is 11.1 Å². The molecular formula is C13H20N4O. The van der Waals surface area contributed by atoms with Crippen LogP contribution >= 0.6 is 0 Å². The monoisotopic (exact) mass is 248 g/mol. The van der Waals surface area contributed by atoms with Gasteiger partial charge in [-0.05, 0) is 18.4 Å². The van der Waals surface area contributed by atoms with Gasteiger partial charge < -0.3 is 15.8 Å². The maximum absolute atomic E-state index is 8.93. The molecule has 0 spiro atoms. The summed E-state index contributed by atoms with van der Waals surface area (Å²) < 4.78 is 5.47. The van der Waals surface area contributed by atoms with Gasteiger partial charge in [0, 0.05) is 13.2 Å². The van der Waals surface area contributed by atoms with Crippen molar-refractivity contribution in [1.29, 1.82) is 5.26 Å². The van der Waals surface area contributed by atoms with Crippen LogP contribution in [0.3, 0.4) is 0 Å². The molecule has 0 fully saturated rings. The van der Waals surface area contributed by atoms with Gasteiger partial charge in [-0.3, -0.25) is 0 Å². The first-order valence-electron chi connectivity index (χ1n) is 6.10. The minimum Gasteiger partial charge on any atom is -0.397 e. The Labute approximate surface area is 108 Å². The second-order valence-corrected chi connectivity index (χ2v) is 4.50. The number of nitrogens with two attached hydrogens (primary N) is 1. The lowest BCUT2D eigenvalue weighted by molar-refractivity contribution is 0.132. The Morgan fingerprint density at radius 1 is 1.50 bits per heavy atom. The van der Waals surface area contributed by atoms with Gasteiger partial charge in [0.15, 0.2) is 0 Å². The number of nitrogens with one attached hydrogen (secondary N) is 1. The Morgan fingerprint density at radius 2 is 2.28 bits per heavy atom. The van der Waals surface area contributed by atoms with Crippen LogP contribution in [0.2, 0.25) is 0 Å². The molecule has 0 aliphatic heterocycles. The minimum atomic E-state index is 0.456. The number of rotatable bonds is 7. The van der Waals surface area contributed by atoms with Crippen LogP contribution in [0, 0.1) is 17.2 Å². The van der Waals surface area contributed by atoms with Gasteiger partial charge in [-0.15, -0.1) is 0 Å². The van der Waals surface area contributed by atoms with Crippen LogP contribution in [0.25, 0.3) is 0 Å². The van der Waals surface area contributed by atoms with Gasteiger partial charge in [0.2, 0.25) is 0 Å². The highest BCUT2D eigenvalue weighted by atomic mass is 16.5. The van der Waals surface area contributed by atoms with E-state index in [4.69, 9.17) is 15.7 Å². The molecule has 0 aliphatic rings. The lowest BCUT2D eigenvalue weighted by atomic mass is 10.1. The number of ether oxygens (including phenoxy) is 1. The van der Waals surface area contributed by atoms with Crippen LogP contribution in [0.15, 0.2) is 12.3 Å². The first kappa shape index (κ1) is 14.3. The molecule has 0 saturated carbocycles. The summed E-state index contributed by atoms with van der Waals surface area (Å²) in [5.41, 5.74) is 6.51. The van der Waals surface area contributed by atoms with Crippen LogP contribution in [0.5, 0.6) is 0 Å². The smallest absolute Gasteiger partial charge is 0.144 e. The molecule has 0 aromatic carbocycles. The number of hydrogen-bond acceptors (Lipinski definition) is 5. The molecule has 0 radical (unpaired) electrons. The number of hydrogen-bond donors (Lipinski definition) is 2. The van der Waals surface area contributed by atoms with Gasteiger partial charge in [0.25, 0.3) is 0 Å². The Morgan fingerprint density at radius 3 is 2.94 bits per heavy atom. The van der Waals surface area contributed by atoms with E-state index in [9.17, 15) is 0 Å². The highest BCUT2D eigenvalue weighted by molar-refractivity contribution is 5.57. The van der Waals surface area contributed by atoms with Crippen molar-refractivity contribution in [2.45, 2.75) is 20.3 Å². The van der Waals surface area contributed by atoms with E-state index in [1.54, 1.807) is 6.07 Å². The summed E-state index contributed by atoms with van der Waals surface area (Å²) in [6.45, 7) is 6.32. The number of nitrogen functional groups attached to an aromatic ring is 1. The molecule has 1 heterocycles. The maximum Gasteiger partial charge on any atom is 0.144 e. The maximum atomic E-state index is 8.93. The quantitative estimate of drug-likeness (QED) is 0.721. The standard InChI is InChI=1S/C13H20N4O/c1-10(2)3-5-18-6-4-16-13-11(8-14)7-12(15)9-17-13/h7,9-10H,3-6,15H2,1-2H3,(H,16,17). The summed E-state index contributed by atoms with van der Waals surface area (Å²) in [4.78, 5) is 4.08. The van der Waals surface area contributed by atoms with Crippen molar-refractivity contribution in [3.8, 4) is 6.07 Å². The van der Waals surface area contributed by atoms with Crippen molar-refractivity contribution >= 4 is 11.5 Å². The van der Waals surface area contributed by atoms with Crippen LogP contribution in [-0.4, -0.2) is 24.7 Å². The largest absolute Gasteiger partial charge is 0.397 e. The first-order valence-corrected chi connectivity index (χ1v) is 6.10. The molecule has 5 nitrogen and oxygen atoms in total. The molecule has 5 heteroatoms. The van der Waals surface area contributed by atoms with Crippen molar-refractivity contribution in [2.75, 3.05) is 30.8 Å². The van der Waals surface area contributed by atoms with E-state index in [1.165, 1.54) is 6.20 Å². The van der Waals surface area contributed by atoms with Gasteiger partial charge in [-0.25, -0.2) is 4.98 Å². The second kappa shape index (κ2) is 7.51. The topological polar surface area (TPSA) is 84.0 Å². The molecule has 0 bridgehead atoms. The predicted molar refractivity (Wildman–Crippen MR) is 72.1 cm³/mol. The fourth-order valence-electron chi connectivity index (χ4n) is 1.37. The third-order valence-electron chi connectivity index (χ3n) is 2.41. The van der Waals surface area contributed by atoms with Crippen molar-refractivity contribution < 1.29 is 4.74 Å². The fourth-order valence-corrected chi connectivity index (χ4v) is 1.37. The van der Waals surface area contributed by atoms with Crippen LogP contribution in [-0.2, 0) is 4.74 Å². The van der Waals surface area contributed by atoms with Gasteiger partial charge in [-0.2, -0.15) is 5.26 Å². The molecule has 1 aromatic rings. The molecular weight excluding hydrogens is 228 g/mol. The highest BCUT2D eigenvalue weighted by Crippen LogP contribution is 2.13. The molecule has 98 valence electrons. The zero-order valence-electron chi connectivity index (χ0n) is 10.9. The fraction of sp³-hybridized carbons (Fsp3) is 0.538. The van der Waals surface area contributed by atoms with Crippen LogP contribution in [0.4, 0.5) is 11.5 Å². The average molecular weight is 248 g/mol. The zero-order valence-corrected chi connectivity index (χ0v) is 10.9. The van der Waals surface area contributed by atoms with Crippen molar-refractivity contribution in [1.82, 2.24) is 4.98 Å². The second-order valence-electron chi connectivity index (χ2n) is 4.50. The molecule has 3 N–H and O–H groups in total. The summed E-state index contributed by atoms with van der Waals surface area (Å²) in [5, 5.41) is 12.0. The lowest BCUT2D eigenvalue weighted by Gasteiger charge is -2.09. The van der Waals surface area contributed by atoms with E-state index in [0.717, 1.165) is 13.0 Å². The third-order valence-corrected chi connectivity index (χ3v) is 2.41. The molecule has 18 heavy (non-hydrogen) atoms. The molecule has 0 atom stereocenters. The Kier molecular flexibility index (Phi) is 5.95. The number of aromatic nitrogens is 1. The van der Waals surface area contributed by atoms with Gasteiger partial charge >= 0.3 is 0 Å². The molecule has 1 rings (SSSR count). The van der Waals surface area contributed by atoms with Crippen molar-refractivity contribution in [2.24, 2.45) is 5.92 Å². The zero-order chi connectivity index (χ0) is 13.4. The Bertz CT molecular complexity index is 412. The SMILES string of the molecule is CC(C)CCOCCNc1ncc(N)cc1C#N. The van der Waals surface area contributed by atoms with Gasteiger partial charge in [0.1, 0.15) is 11.9 Å². The lowest BCUT2D eigenvalue weighted by Crippen LogP contribution is -2.12. The van der Waals surface area contributed by atoms with Crippen molar-refractivity contribution in [3.05, 3.63) is 17.8 Å². The minimum absolute atomic E-state index is 0.456.